The maximum Gasteiger partial charge on any atom is 0.306 e. The highest BCUT2D eigenvalue weighted by Crippen LogP contribution is 2.69. The first-order chi connectivity index (χ1) is 13.2. The first-order valence-electron chi connectivity index (χ1n) is 10.5. The van der Waals surface area contributed by atoms with Crippen molar-refractivity contribution in [3.8, 4) is 0 Å². The second kappa shape index (κ2) is 5.82. The predicted molar refractivity (Wildman–Crippen MR) is 98.8 cm³/mol. The van der Waals surface area contributed by atoms with Crippen LogP contribution in [0.3, 0.4) is 0 Å². The minimum atomic E-state index is -0.635. The predicted octanol–water partition coefficient (Wildman–Crippen LogP) is 2.71. The zero-order valence-electron chi connectivity index (χ0n) is 17.3. The Bertz CT molecular complexity index is 760. The van der Waals surface area contributed by atoms with Gasteiger partial charge < -0.3 is 18.9 Å². The molecule has 2 saturated heterocycles. The Hall–Kier alpha value is -1.40. The van der Waals surface area contributed by atoms with Crippen LogP contribution in [0.4, 0.5) is 0 Å². The van der Waals surface area contributed by atoms with Crippen molar-refractivity contribution in [2.24, 2.45) is 40.4 Å². The van der Waals surface area contributed by atoms with Gasteiger partial charge in [-0.2, -0.15) is 0 Å². The molecule has 154 valence electrons. The lowest BCUT2D eigenvalue weighted by atomic mass is 9.38. The highest BCUT2D eigenvalue weighted by molar-refractivity contribution is 5.99. The number of allylic oxidation sites excluding steroid dienone is 2. The Labute approximate surface area is 165 Å². The lowest BCUT2D eigenvalue weighted by Crippen LogP contribution is -2.73. The summed E-state index contributed by atoms with van der Waals surface area (Å²) in [6.45, 7) is 8.85. The van der Waals surface area contributed by atoms with Gasteiger partial charge in [-0.15, -0.1) is 0 Å². The molecule has 10 atom stereocenters. The molecule has 0 amide bonds. The van der Waals surface area contributed by atoms with Crippen LogP contribution in [0, 0.1) is 40.4 Å². The van der Waals surface area contributed by atoms with E-state index in [1.165, 1.54) is 0 Å². The van der Waals surface area contributed by atoms with Crippen LogP contribution in [0.5, 0.6) is 0 Å². The number of fused-ring (bicyclic) bond motifs is 4. The SMILES string of the molecule is COC1=C[C@@H](C)[C@@H]2C[C@H]3OC(=O)C[C@H]4[C@@H](C)[C@@H]5OCO[C@H]5[C@H]([C@@]2(C)C1=O)[C@@]34C. The van der Waals surface area contributed by atoms with E-state index in [0.717, 1.165) is 0 Å². The molecule has 3 aliphatic carbocycles. The van der Waals surface area contributed by atoms with Gasteiger partial charge in [-0.25, -0.2) is 0 Å². The number of ketones is 1. The molecular weight excluding hydrogens is 360 g/mol. The summed E-state index contributed by atoms with van der Waals surface area (Å²) < 4.78 is 23.6. The van der Waals surface area contributed by atoms with Crippen molar-refractivity contribution in [1.82, 2.24) is 0 Å². The fourth-order valence-electron chi connectivity index (χ4n) is 7.78. The number of ether oxygens (including phenoxy) is 4. The largest absolute Gasteiger partial charge is 0.493 e. The molecule has 0 N–H and O–H groups in total. The molecule has 4 fully saturated rings. The molecule has 0 aromatic heterocycles. The summed E-state index contributed by atoms with van der Waals surface area (Å²) in [5.41, 5.74) is -0.956. The second-order valence-corrected chi connectivity index (χ2v) is 9.92. The number of carbonyl (C=O) groups excluding carboxylic acids is 2. The molecule has 6 nitrogen and oxygen atoms in total. The quantitative estimate of drug-likeness (QED) is 0.641. The Balaban J connectivity index is 1.72. The van der Waals surface area contributed by atoms with Crippen LogP contribution < -0.4 is 0 Å². The van der Waals surface area contributed by atoms with Gasteiger partial charge in [0.05, 0.1) is 19.3 Å². The summed E-state index contributed by atoms with van der Waals surface area (Å²) in [6, 6.07) is 0. The Morgan fingerprint density at radius 3 is 2.54 bits per heavy atom. The van der Waals surface area contributed by atoms with E-state index in [4.69, 9.17) is 18.9 Å². The van der Waals surface area contributed by atoms with Crippen molar-refractivity contribution in [3.05, 3.63) is 11.8 Å². The van der Waals surface area contributed by atoms with E-state index >= 15 is 0 Å². The Morgan fingerprint density at radius 1 is 1.11 bits per heavy atom. The third-order valence-corrected chi connectivity index (χ3v) is 9.02. The number of hydrogen-bond acceptors (Lipinski definition) is 6. The standard InChI is InChI=1S/C22H30O6/c1-10-6-14(25-5)20(24)22(4)12(10)7-15-21(3)13(8-16(23)28-15)11(2)17-18(19(21)22)27-9-26-17/h6,10-13,15,17-19H,7-9H2,1-5H3/t10-,11-,12+,13+,15-,17+,18-,19+,21-,22+/m1/s1. The van der Waals surface area contributed by atoms with Crippen molar-refractivity contribution in [2.45, 2.75) is 58.8 Å². The van der Waals surface area contributed by atoms with Crippen molar-refractivity contribution >= 4 is 11.8 Å². The van der Waals surface area contributed by atoms with E-state index in [0.29, 0.717) is 18.6 Å². The van der Waals surface area contributed by atoms with E-state index in [-0.39, 0.29) is 71.9 Å². The summed E-state index contributed by atoms with van der Waals surface area (Å²) in [6.07, 6.45) is 2.57. The Morgan fingerprint density at radius 2 is 1.82 bits per heavy atom. The fraction of sp³-hybridized carbons (Fsp3) is 0.818. The molecule has 0 aromatic carbocycles. The highest BCUT2D eigenvalue weighted by atomic mass is 16.7. The smallest absolute Gasteiger partial charge is 0.306 e. The number of Topliss-reactive ketones (excluding diaryl/α,β-unsaturated/α-hetero) is 1. The van der Waals surface area contributed by atoms with Crippen LogP contribution in [0.1, 0.15) is 40.5 Å². The van der Waals surface area contributed by atoms with E-state index in [1.807, 2.05) is 6.08 Å². The Kier molecular flexibility index (Phi) is 3.87. The van der Waals surface area contributed by atoms with Crippen LogP contribution in [-0.4, -0.2) is 44.0 Å². The van der Waals surface area contributed by atoms with Crippen LogP contribution in [0.25, 0.3) is 0 Å². The van der Waals surface area contributed by atoms with Crippen molar-refractivity contribution in [1.29, 1.82) is 0 Å². The lowest BCUT2D eigenvalue weighted by molar-refractivity contribution is -0.261. The number of carbonyl (C=O) groups is 2. The molecule has 2 heterocycles. The van der Waals surface area contributed by atoms with Crippen molar-refractivity contribution in [3.63, 3.8) is 0 Å². The molecule has 5 rings (SSSR count). The van der Waals surface area contributed by atoms with Crippen LogP contribution in [-0.2, 0) is 28.5 Å². The van der Waals surface area contributed by atoms with E-state index in [1.54, 1.807) is 7.11 Å². The number of rotatable bonds is 1. The van der Waals surface area contributed by atoms with Gasteiger partial charge in [-0.1, -0.05) is 27.7 Å². The first kappa shape index (κ1) is 18.6. The monoisotopic (exact) mass is 390 g/mol. The third kappa shape index (κ3) is 2.01. The summed E-state index contributed by atoms with van der Waals surface area (Å²) in [4.78, 5) is 26.2. The van der Waals surface area contributed by atoms with Gasteiger partial charge in [0, 0.05) is 23.2 Å². The van der Waals surface area contributed by atoms with E-state index in [2.05, 4.69) is 27.7 Å². The van der Waals surface area contributed by atoms with Crippen LogP contribution in [0.2, 0.25) is 0 Å². The summed E-state index contributed by atoms with van der Waals surface area (Å²) >= 11 is 0. The number of methoxy groups -OCH3 is 1. The average molecular weight is 390 g/mol. The van der Waals surface area contributed by atoms with Crippen LogP contribution >= 0.6 is 0 Å². The minimum absolute atomic E-state index is 0.0576. The molecule has 0 radical (unpaired) electrons. The number of esters is 1. The maximum absolute atomic E-state index is 13.7. The third-order valence-electron chi connectivity index (χ3n) is 9.02. The van der Waals surface area contributed by atoms with Gasteiger partial charge in [-0.05, 0) is 36.2 Å². The molecule has 2 aliphatic heterocycles. The fourth-order valence-corrected chi connectivity index (χ4v) is 7.78. The molecule has 0 unspecified atom stereocenters. The van der Waals surface area contributed by atoms with Crippen molar-refractivity contribution in [2.75, 3.05) is 13.9 Å². The van der Waals surface area contributed by atoms with Crippen LogP contribution in [0.15, 0.2) is 11.8 Å². The van der Waals surface area contributed by atoms with Crippen molar-refractivity contribution < 1.29 is 28.5 Å². The topological polar surface area (TPSA) is 71.1 Å². The first-order valence-corrected chi connectivity index (χ1v) is 10.5. The molecular formula is C22H30O6. The molecule has 28 heavy (non-hydrogen) atoms. The normalized spacial score (nSPS) is 54.8. The second-order valence-electron chi connectivity index (χ2n) is 9.92. The zero-order chi connectivity index (χ0) is 20.0. The molecule has 0 bridgehead atoms. The highest BCUT2D eigenvalue weighted by Gasteiger charge is 2.74. The maximum atomic E-state index is 13.7. The van der Waals surface area contributed by atoms with Gasteiger partial charge >= 0.3 is 5.97 Å². The van der Waals surface area contributed by atoms with Gasteiger partial charge in [0.15, 0.2) is 5.76 Å². The van der Waals surface area contributed by atoms with Gasteiger partial charge in [0.2, 0.25) is 5.78 Å². The van der Waals surface area contributed by atoms with Gasteiger partial charge in [-0.3, -0.25) is 9.59 Å². The molecule has 2 saturated carbocycles. The summed E-state index contributed by atoms with van der Waals surface area (Å²) in [5, 5.41) is 0. The summed E-state index contributed by atoms with van der Waals surface area (Å²) in [5.74, 6) is 0.825. The minimum Gasteiger partial charge on any atom is -0.493 e. The van der Waals surface area contributed by atoms with Gasteiger partial charge in [0.25, 0.3) is 0 Å². The van der Waals surface area contributed by atoms with E-state index < -0.39 is 5.41 Å². The molecule has 0 aromatic rings. The zero-order valence-corrected chi connectivity index (χ0v) is 17.3. The molecule has 6 heteroatoms. The summed E-state index contributed by atoms with van der Waals surface area (Å²) in [7, 11) is 1.57. The lowest BCUT2D eigenvalue weighted by Gasteiger charge is -2.68. The average Bonchev–Trinajstić information content (AvgIpc) is 3.12. The molecule has 5 aliphatic rings. The van der Waals surface area contributed by atoms with Gasteiger partial charge in [0.1, 0.15) is 12.9 Å². The molecule has 0 spiro atoms. The van der Waals surface area contributed by atoms with E-state index in [9.17, 15) is 9.59 Å². The number of hydrogen-bond donors (Lipinski definition) is 0.